The van der Waals surface area contributed by atoms with Crippen LogP contribution in [0.3, 0.4) is 0 Å². The summed E-state index contributed by atoms with van der Waals surface area (Å²) in [5.41, 5.74) is 0. The molecule has 0 aliphatic heterocycles. The molecular weight excluding hydrogens is 190 g/mol. The average molecular weight is 213 g/mol. The highest BCUT2D eigenvalue weighted by Gasteiger charge is 2.22. The van der Waals surface area contributed by atoms with Gasteiger partial charge in [-0.2, -0.15) is 0 Å². The average Bonchev–Trinajstić information content (AvgIpc) is 2.42. The van der Waals surface area contributed by atoms with Crippen LogP contribution in [0.1, 0.15) is 58.3 Å². The number of nitrogens with one attached hydrogen (secondary N) is 1. The lowest BCUT2D eigenvalue weighted by Crippen LogP contribution is -2.42. The molecule has 0 bridgehead atoms. The fraction of sp³-hybridized carbons (Fsp3) is 0.917. The van der Waals surface area contributed by atoms with E-state index in [4.69, 9.17) is 0 Å². The molecule has 2 N–H and O–H groups in total. The van der Waals surface area contributed by atoms with Gasteiger partial charge in [0, 0.05) is 6.42 Å². The van der Waals surface area contributed by atoms with Crippen molar-refractivity contribution >= 4 is 5.91 Å². The highest BCUT2D eigenvalue weighted by atomic mass is 16.3. The molecule has 0 radical (unpaired) electrons. The van der Waals surface area contributed by atoms with Crippen molar-refractivity contribution < 1.29 is 9.90 Å². The second kappa shape index (κ2) is 6.83. The van der Waals surface area contributed by atoms with Gasteiger partial charge in [-0.1, -0.05) is 32.6 Å². The highest BCUT2D eigenvalue weighted by Crippen LogP contribution is 2.18. The Morgan fingerprint density at radius 1 is 1.33 bits per heavy atom. The van der Waals surface area contributed by atoms with E-state index >= 15 is 0 Å². The van der Waals surface area contributed by atoms with Crippen LogP contribution in [-0.2, 0) is 4.79 Å². The summed E-state index contributed by atoms with van der Waals surface area (Å²) in [5.74, 6) is 0.0998. The van der Waals surface area contributed by atoms with Gasteiger partial charge in [0.2, 0.25) is 5.91 Å². The number of carbonyl (C=O) groups is 1. The third-order valence-electron chi connectivity index (χ3n) is 3.08. The van der Waals surface area contributed by atoms with Crippen LogP contribution in [0.5, 0.6) is 0 Å². The van der Waals surface area contributed by atoms with Gasteiger partial charge >= 0.3 is 0 Å². The first kappa shape index (κ1) is 12.5. The van der Waals surface area contributed by atoms with Gasteiger partial charge in [0.15, 0.2) is 0 Å². The summed E-state index contributed by atoms with van der Waals surface area (Å²) in [5, 5.41) is 12.8. The molecule has 1 aliphatic rings. The third kappa shape index (κ3) is 4.65. The highest BCUT2D eigenvalue weighted by molar-refractivity contribution is 5.76. The lowest BCUT2D eigenvalue weighted by Gasteiger charge is -2.21. The number of amides is 1. The fourth-order valence-electron chi connectivity index (χ4n) is 2.07. The Morgan fingerprint density at radius 3 is 2.80 bits per heavy atom. The van der Waals surface area contributed by atoms with Crippen molar-refractivity contribution in [2.45, 2.75) is 70.4 Å². The summed E-state index contributed by atoms with van der Waals surface area (Å²) in [7, 11) is 0. The second-order valence-electron chi connectivity index (χ2n) is 4.48. The minimum Gasteiger partial charge on any atom is -0.391 e. The van der Waals surface area contributed by atoms with Crippen LogP contribution < -0.4 is 5.32 Å². The van der Waals surface area contributed by atoms with Gasteiger partial charge in [0.05, 0.1) is 12.1 Å². The Bertz CT molecular complexity index is 194. The monoisotopic (exact) mass is 213 g/mol. The normalized spacial score (nSPS) is 27.1. The van der Waals surface area contributed by atoms with E-state index in [1.54, 1.807) is 0 Å². The van der Waals surface area contributed by atoms with E-state index in [2.05, 4.69) is 12.2 Å². The molecule has 88 valence electrons. The summed E-state index contributed by atoms with van der Waals surface area (Å²) >= 11 is 0. The molecule has 3 nitrogen and oxygen atoms in total. The van der Waals surface area contributed by atoms with Gasteiger partial charge in [-0.05, 0) is 19.3 Å². The zero-order valence-electron chi connectivity index (χ0n) is 9.67. The predicted molar refractivity (Wildman–Crippen MR) is 60.5 cm³/mol. The maximum absolute atomic E-state index is 11.5. The van der Waals surface area contributed by atoms with E-state index in [0.717, 1.165) is 38.5 Å². The van der Waals surface area contributed by atoms with E-state index in [1.165, 1.54) is 6.42 Å². The van der Waals surface area contributed by atoms with Gasteiger partial charge in [-0.3, -0.25) is 4.79 Å². The summed E-state index contributed by atoms with van der Waals surface area (Å²) in [6, 6.07) is -0.00291. The van der Waals surface area contributed by atoms with Gasteiger partial charge in [-0.25, -0.2) is 0 Å². The van der Waals surface area contributed by atoms with Crippen molar-refractivity contribution in [2.75, 3.05) is 0 Å². The molecule has 0 aromatic carbocycles. The summed E-state index contributed by atoms with van der Waals surface area (Å²) in [6.07, 6.45) is 7.39. The quantitative estimate of drug-likeness (QED) is 0.702. The van der Waals surface area contributed by atoms with Crippen LogP contribution in [0, 0.1) is 0 Å². The first-order valence-corrected chi connectivity index (χ1v) is 6.21. The van der Waals surface area contributed by atoms with Crippen LogP contribution in [0.15, 0.2) is 0 Å². The van der Waals surface area contributed by atoms with Crippen LogP contribution >= 0.6 is 0 Å². The van der Waals surface area contributed by atoms with Crippen LogP contribution in [0.25, 0.3) is 0 Å². The number of aliphatic hydroxyl groups excluding tert-OH is 1. The number of rotatable bonds is 4. The van der Waals surface area contributed by atoms with E-state index < -0.39 is 0 Å². The molecule has 15 heavy (non-hydrogen) atoms. The molecule has 1 amide bonds. The first-order chi connectivity index (χ1) is 7.24. The van der Waals surface area contributed by atoms with E-state index in [1.807, 2.05) is 0 Å². The van der Waals surface area contributed by atoms with Crippen molar-refractivity contribution in [1.82, 2.24) is 5.32 Å². The summed E-state index contributed by atoms with van der Waals surface area (Å²) < 4.78 is 0. The van der Waals surface area contributed by atoms with Crippen molar-refractivity contribution in [2.24, 2.45) is 0 Å². The number of hydrogen-bond acceptors (Lipinski definition) is 2. The topological polar surface area (TPSA) is 49.3 Å². The van der Waals surface area contributed by atoms with Crippen molar-refractivity contribution in [1.29, 1.82) is 0 Å². The Kier molecular flexibility index (Phi) is 5.69. The third-order valence-corrected chi connectivity index (χ3v) is 3.08. The molecule has 0 heterocycles. The molecule has 0 aromatic rings. The number of unbranched alkanes of at least 4 members (excludes halogenated alkanes) is 1. The number of hydrogen-bond donors (Lipinski definition) is 2. The van der Waals surface area contributed by atoms with Crippen molar-refractivity contribution in [3.05, 3.63) is 0 Å². The zero-order chi connectivity index (χ0) is 11.1. The lowest BCUT2D eigenvalue weighted by molar-refractivity contribution is -0.122. The SMILES string of the molecule is CCCCC(=O)NC1CCCCCC1O. The molecule has 1 rings (SSSR count). The van der Waals surface area contributed by atoms with Crippen molar-refractivity contribution in [3.63, 3.8) is 0 Å². The number of aliphatic hydroxyl groups is 1. The van der Waals surface area contributed by atoms with Crippen molar-refractivity contribution in [3.8, 4) is 0 Å². The smallest absolute Gasteiger partial charge is 0.220 e. The zero-order valence-corrected chi connectivity index (χ0v) is 9.67. The molecule has 0 spiro atoms. The van der Waals surface area contributed by atoms with Gasteiger partial charge in [0.1, 0.15) is 0 Å². The van der Waals surface area contributed by atoms with Gasteiger partial charge in [-0.15, -0.1) is 0 Å². The summed E-state index contributed by atoms with van der Waals surface area (Å²) in [4.78, 5) is 11.5. The maximum Gasteiger partial charge on any atom is 0.220 e. The van der Waals surface area contributed by atoms with Gasteiger partial charge in [0.25, 0.3) is 0 Å². The standard InChI is InChI=1S/C12H23NO2/c1-2-3-9-12(15)13-10-7-5-4-6-8-11(10)14/h10-11,14H,2-9H2,1H3,(H,13,15). The minimum atomic E-state index is -0.335. The molecular formula is C12H23NO2. The molecule has 0 saturated heterocycles. The Labute approximate surface area is 92.3 Å². The predicted octanol–water partition coefficient (Wildman–Crippen LogP) is 1.99. The molecule has 1 fully saturated rings. The number of carbonyl (C=O) groups excluding carboxylic acids is 1. The molecule has 1 aliphatic carbocycles. The summed E-state index contributed by atoms with van der Waals surface area (Å²) in [6.45, 7) is 2.08. The molecule has 3 heteroatoms. The Balaban J connectivity index is 2.30. The van der Waals surface area contributed by atoms with Crippen LogP contribution in [0.4, 0.5) is 0 Å². The Morgan fingerprint density at radius 2 is 2.07 bits per heavy atom. The molecule has 2 atom stereocenters. The minimum absolute atomic E-state index is 0.00291. The van der Waals surface area contributed by atoms with E-state index in [-0.39, 0.29) is 18.1 Å². The van der Waals surface area contributed by atoms with E-state index in [0.29, 0.717) is 6.42 Å². The van der Waals surface area contributed by atoms with Gasteiger partial charge < -0.3 is 10.4 Å². The van der Waals surface area contributed by atoms with Crippen LogP contribution in [0.2, 0.25) is 0 Å². The molecule has 2 unspecified atom stereocenters. The largest absolute Gasteiger partial charge is 0.391 e. The molecule has 0 aromatic heterocycles. The lowest BCUT2D eigenvalue weighted by atomic mass is 10.1. The second-order valence-corrected chi connectivity index (χ2v) is 4.48. The first-order valence-electron chi connectivity index (χ1n) is 6.21. The maximum atomic E-state index is 11.5. The van der Waals surface area contributed by atoms with Crippen LogP contribution in [-0.4, -0.2) is 23.2 Å². The fourth-order valence-corrected chi connectivity index (χ4v) is 2.07. The van der Waals surface area contributed by atoms with E-state index in [9.17, 15) is 9.90 Å². The molecule has 1 saturated carbocycles. The Hall–Kier alpha value is -0.570.